The summed E-state index contributed by atoms with van der Waals surface area (Å²) in [5.41, 5.74) is 0.963. The van der Waals surface area contributed by atoms with Gasteiger partial charge in [0.15, 0.2) is 0 Å². The van der Waals surface area contributed by atoms with Crippen molar-refractivity contribution in [3.05, 3.63) is 50.4 Å². The lowest BCUT2D eigenvalue weighted by molar-refractivity contribution is -0.403. The van der Waals surface area contributed by atoms with Gasteiger partial charge in [-0.1, -0.05) is 17.7 Å². The molecule has 0 aromatic carbocycles. The van der Waals surface area contributed by atoms with Crippen LogP contribution >= 0.6 is 23.4 Å². The van der Waals surface area contributed by atoms with Gasteiger partial charge in [0.25, 0.3) is 6.20 Å². The minimum Gasteiger partial charge on any atom is -0.357 e. The van der Waals surface area contributed by atoms with Crippen LogP contribution < -0.4 is 0 Å². The summed E-state index contributed by atoms with van der Waals surface area (Å²) in [4.78, 5) is 16.0. The number of aromatic nitrogens is 1. The number of hydrogen-bond acceptors (Lipinski definition) is 5. The second-order valence-corrected chi connectivity index (χ2v) is 4.67. The van der Waals surface area contributed by atoms with E-state index in [1.807, 2.05) is 24.1 Å². The normalized spacial score (nSPS) is 11.4. The van der Waals surface area contributed by atoms with Crippen molar-refractivity contribution in [3.8, 4) is 0 Å². The Morgan fingerprint density at radius 3 is 2.83 bits per heavy atom. The molecule has 0 amide bonds. The van der Waals surface area contributed by atoms with E-state index in [-0.39, 0.29) is 0 Å². The second-order valence-electron chi connectivity index (χ2n) is 3.46. The van der Waals surface area contributed by atoms with Gasteiger partial charge in [-0.25, -0.2) is 4.98 Å². The zero-order valence-corrected chi connectivity index (χ0v) is 11.7. The number of hydrogen-bond donors (Lipinski definition) is 0. The van der Waals surface area contributed by atoms with Crippen molar-refractivity contribution in [1.29, 1.82) is 0 Å². The van der Waals surface area contributed by atoms with E-state index in [1.165, 1.54) is 11.8 Å². The summed E-state index contributed by atoms with van der Waals surface area (Å²) in [6, 6.07) is 3.57. The molecule has 0 aliphatic carbocycles. The Kier molecular flexibility index (Phi) is 5.94. The molecule has 0 aliphatic heterocycles. The Labute approximate surface area is 115 Å². The van der Waals surface area contributed by atoms with Gasteiger partial charge >= 0.3 is 0 Å². The van der Waals surface area contributed by atoms with Gasteiger partial charge in [0, 0.05) is 19.3 Å². The van der Waals surface area contributed by atoms with Crippen molar-refractivity contribution >= 4 is 23.4 Å². The van der Waals surface area contributed by atoms with Crippen LogP contribution in [0.15, 0.2) is 29.6 Å². The minimum absolute atomic E-state index is 0.436. The summed E-state index contributed by atoms with van der Waals surface area (Å²) in [5.74, 6) is 0. The molecule has 0 bridgehead atoms. The van der Waals surface area contributed by atoms with Crippen molar-refractivity contribution in [2.45, 2.75) is 13.5 Å². The molecule has 98 valence electrons. The lowest BCUT2D eigenvalue weighted by Crippen LogP contribution is -2.21. The molecule has 7 heteroatoms. The molecule has 1 aromatic heterocycles. The number of halogens is 1. The summed E-state index contributed by atoms with van der Waals surface area (Å²) in [7, 11) is 0. The fraction of sp³-hybridized carbons (Fsp3) is 0.364. The van der Waals surface area contributed by atoms with Crippen LogP contribution in [0.3, 0.4) is 0 Å². The fourth-order valence-electron chi connectivity index (χ4n) is 1.42. The molecule has 0 N–H and O–H groups in total. The van der Waals surface area contributed by atoms with E-state index in [9.17, 15) is 10.1 Å². The Hall–Kier alpha value is -1.27. The Bertz CT molecular complexity index is 436. The highest BCUT2D eigenvalue weighted by Crippen LogP contribution is 2.20. The van der Waals surface area contributed by atoms with Crippen LogP contribution in [0, 0.1) is 10.1 Å². The summed E-state index contributed by atoms with van der Waals surface area (Å²) in [5, 5.41) is 11.6. The van der Waals surface area contributed by atoms with Crippen LogP contribution in [0.4, 0.5) is 0 Å². The molecular formula is C11H14ClN3O2S. The molecular weight excluding hydrogens is 274 g/mol. The summed E-state index contributed by atoms with van der Waals surface area (Å²) < 4.78 is 0. The third-order valence-electron chi connectivity index (χ3n) is 2.28. The molecule has 1 heterocycles. The third-order valence-corrected chi connectivity index (χ3v) is 3.29. The van der Waals surface area contributed by atoms with Gasteiger partial charge in [-0.3, -0.25) is 10.1 Å². The number of nitro groups is 1. The molecule has 0 saturated carbocycles. The highest BCUT2D eigenvalue weighted by Gasteiger charge is 2.11. The standard InChI is InChI=1S/C11H14ClN3O2S/c1-3-14(11(18-2)8-15(16)17)7-9-4-5-10(12)13-6-9/h4-6,8H,3,7H2,1-2H3/b11-8-. The molecule has 1 rings (SSSR count). The van der Waals surface area contributed by atoms with Gasteiger partial charge in [0.05, 0.1) is 4.92 Å². The van der Waals surface area contributed by atoms with Crippen LogP contribution in [0.25, 0.3) is 0 Å². The molecule has 0 radical (unpaired) electrons. The smallest absolute Gasteiger partial charge is 0.264 e. The second kappa shape index (κ2) is 7.23. The zero-order valence-electron chi connectivity index (χ0n) is 10.2. The molecule has 1 aromatic rings. The monoisotopic (exact) mass is 287 g/mol. The van der Waals surface area contributed by atoms with E-state index in [1.54, 1.807) is 12.3 Å². The predicted octanol–water partition coefficient (Wildman–Crippen LogP) is 3.00. The molecule has 0 aliphatic rings. The van der Waals surface area contributed by atoms with Gasteiger partial charge in [-0.05, 0) is 24.8 Å². The quantitative estimate of drug-likeness (QED) is 0.457. The van der Waals surface area contributed by atoms with Gasteiger partial charge in [0.2, 0.25) is 0 Å². The zero-order chi connectivity index (χ0) is 13.5. The average molecular weight is 288 g/mol. The maximum Gasteiger partial charge on any atom is 0.264 e. The Morgan fingerprint density at radius 1 is 1.67 bits per heavy atom. The van der Waals surface area contributed by atoms with Crippen LogP contribution in [-0.2, 0) is 6.54 Å². The summed E-state index contributed by atoms with van der Waals surface area (Å²) >= 11 is 7.06. The molecule has 5 nitrogen and oxygen atoms in total. The third kappa shape index (κ3) is 4.54. The molecule has 0 unspecified atom stereocenters. The van der Waals surface area contributed by atoms with Crippen molar-refractivity contribution in [2.24, 2.45) is 0 Å². The van der Waals surface area contributed by atoms with E-state index >= 15 is 0 Å². The number of thioether (sulfide) groups is 1. The fourth-order valence-corrected chi connectivity index (χ4v) is 2.17. The van der Waals surface area contributed by atoms with Crippen LogP contribution in [0.2, 0.25) is 5.15 Å². The van der Waals surface area contributed by atoms with Crippen molar-refractivity contribution in [2.75, 3.05) is 12.8 Å². The SMILES string of the molecule is CCN(Cc1ccc(Cl)nc1)/C(=C/[N+](=O)[O-])SC. The van der Waals surface area contributed by atoms with Crippen LogP contribution in [-0.4, -0.2) is 27.6 Å². The lowest BCUT2D eigenvalue weighted by atomic mass is 10.2. The van der Waals surface area contributed by atoms with Crippen LogP contribution in [0.1, 0.15) is 12.5 Å². The predicted molar refractivity (Wildman–Crippen MR) is 73.9 cm³/mol. The maximum absolute atomic E-state index is 10.5. The van der Waals surface area contributed by atoms with E-state index in [2.05, 4.69) is 4.98 Å². The van der Waals surface area contributed by atoms with Crippen molar-refractivity contribution < 1.29 is 4.92 Å². The molecule has 18 heavy (non-hydrogen) atoms. The van der Waals surface area contributed by atoms with Gasteiger partial charge in [0.1, 0.15) is 10.2 Å². The first-order valence-electron chi connectivity index (χ1n) is 5.31. The number of pyridine rings is 1. The molecule has 0 fully saturated rings. The number of nitrogens with zero attached hydrogens (tertiary/aromatic N) is 3. The van der Waals surface area contributed by atoms with Crippen LogP contribution in [0.5, 0.6) is 0 Å². The molecule has 0 spiro atoms. The first kappa shape index (κ1) is 14.8. The van der Waals surface area contributed by atoms with E-state index < -0.39 is 4.92 Å². The lowest BCUT2D eigenvalue weighted by Gasteiger charge is -2.22. The van der Waals surface area contributed by atoms with Crippen molar-refractivity contribution in [1.82, 2.24) is 9.88 Å². The number of rotatable bonds is 6. The first-order chi connectivity index (χ1) is 8.56. The summed E-state index contributed by atoms with van der Waals surface area (Å²) in [6.45, 7) is 3.21. The van der Waals surface area contributed by atoms with E-state index in [0.717, 1.165) is 11.8 Å². The Balaban J connectivity index is 2.83. The highest BCUT2D eigenvalue weighted by atomic mass is 35.5. The van der Waals surface area contributed by atoms with Gasteiger partial charge in [-0.15, -0.1) is 11.8 Å². The minimum atomic E-state index is -0.436. The summed E-state index contributed by atoms with van der Waals surface area (Å²) in [6.07, 6.45) is 4.52. The maximum atomic E-state index is 10.5. The van der Waals surface area contributed by atoms with Gasteiger partial charge in [-0.2, -0.15) is 0 Å². The van der Waals surface area contributed by atoms with E-state index in [4.69, 9.17) is 11.6 Å². The molecule has 0 saturated heterocycles. The topological polar surface area (TPSA) is 59.3 Å². The van der Waals surface area contributed by atoms with Crippen molar-refractivity contribution in [3.63, 3.8) is 0 Å². The first-order valence-corrected chi connectivity index (χ1v) is 6.91. The highest BCUT2D eigenvalue weighted by molar-refractivity contribution is 8.02. The largest absolute Gasteiger partial charge is 0.357 e. The van der Waals surface area contributed by atoms with Gasteiger partial charge < -0.3 is 4.90 Å². The average Bonchev–Trinajstić information content (AvgIpc) is 2.35. The molecule has 0 atom stereocenters. The Morgan fingerprint density at radius 2 is 2.39 bits per heavy atom. The van der Waals surface area contributed by atoms with E-state index in [0.29, 0.717) is 23.3 Å².